The molecular formula is C14H13NS2. The predicted octanol–water partition coefficient (Wildman–Crippen LogP) is 3.46. The summed E-state index contributed by atoms with van der Waals surface area (Å²) < 4.78 is 0. The molecule has 0 bridgehead atoms. The van der Waals surface area contributed by atoms with E-state index in [1.54, 1.807) is 0 Å². The first kappa shape index (κ1) is 11.1. The Labute approximate surface area is 112 Å². The molecule has 0 saturated heterocycles. The Morgan fingerprint density at radius 1 is 1.06 bits per heavy atom. The van der Waals surface area contributed by atoms with Gasteiger partial charge in [-0.3, -0.25) is 0 Å². The van der Waals surface area contributed by atoms with Crippen molar-refractivity contribution in [3.05, 3.63) is 47.5 Å². The zero-order valence-corrected chi connectivity index (χ0v) is 11.1. The Morgan fingerprint density at radius 2 is 1.71 bits per heavy atom. The smallest absolute Gasteiger partial charge is 0.115 e. The summed E-state index contributed by atoms with van der Waals surface area (Å²) in [4.78, 5) is 3.93. The molecule has 0 amide bonds. The second kappa shape index (κ2) is 4.31. The largest absolute Gasteiger partial charge is 0.316 e. The van der Waals surface area contributed by atoms with Gasteiger partial charge in [0.15, 0.2) is 0 Å². The van der Waals surface area contributed by atoms with E-state index in [9.17, 15) is 0 Å². The number of nitrogens with zero attached hydrogens (tertiary/aromatic N) is 1. The van der Waals surface area contributed by atoms with Crippen LogP contribution in [0.25, 0.3) is 0 Å². The predicted molar refractivity (Wildman–Crippen MR) is 78.5 cm³/mol. The van der Waals surface area contributed by atoms with E-state index in [0.717, 1.165) is 27.5 Å². The molecule has 1 aromatic carbocycles. The van der Waals surface area contributed by atoms with Crippen LogP contribution >= 0.6 is 24.4 Å². The van der Waals surface area contributed by atoms with Gasteiger partial charge in [-0.1, -0.05) is 60.9 Å². The van der Waals surface area contributed by atoms with Crippen molar-refractivity contribution in [3.63, 3.8) is 0 Å². The van der Waals surface area contributed by atoms with Gasteiger partial charge in [0.25, 0.3) is 0 Å². The standard InChI is InChI=1S/C14H13NS2/c16-13-11-8-4-5-9-12(11)14(17)15(13)10-6-2-1-3-7-10/h2,4-6,8-10H,1,3,7H2. The maximum Gasteiger partial charge on any atom is 0.115 e. The fourth-order valence-electron chi connectivity index (χ4n) is 2.52. The number of benzene rings is 1. The van der Waals surface area contributed by atoms with Crippen molar-refractivity contribution in [1.29, 1.82) is 0 Å². The minimum absolute atomic E-state index is 0.358. The van der Waals surface area contributed by atoms with Gasteiger partial charge in [0.1, 0.15) is 9.98 Å². The lowest BCUT2D eigenvalue weighted by atomic mass is 10.0. The van der Waals surface area contributed by atoms with Crippen LogP contribution in [0.2, 0.25) is 0 Å². The Morgan fingerprint density at radius 3 is 2.24 bits per heavy atom. The molecule has 86 valence electrons. The average Bonchev–Trinajstić information content (AvgIpc) is 2.64. The average molecular weight is 259 g/mol. The van der Waals surface area contributed by atoms with Crippen molar-refractivity contribution < 1.29 is 0 Å². The van der Waals surface area contributed by atoms with Gasteiger partial charge in [0.2, 0.25) is 0 Å². The Bertz CT molecular complexity index is 484. The highest BCUT2D eigenvalue weighted by Crippen LogP contribution is 2.29. The van der Waals surface area contributed by atoms with Crippen LogP contribution < -0.4 is 0 Å². The molecule has 1 unspecified atom stereocenters. The fraction of sp³-hybridized carbons (Fsp3) is 0.286. The van der Waals surface area contributed by atoms with Crippen LogP contribution in [0.15, 0.2) is 36.4 Å². The fourth-order valence-corrected chi connectivity index (χ4v) is 3.39. The first-order valence-corrected chi connectivity index (χ1v) is 6.74. The molecule has 1 aliphatic heterocycles. The van der Waals surface area contributed by atoms with Gasteiger partial charge in [-0.2, -0.15) is 0 Å². The molecule has 1 heterocycles. The third-order valence-corrected chi connectivity index (χ3v) is 4.22. The zero-order chi connectivity index (χ0) is 11.8. The van der Waals surface area contributed by atoms with Crippen molar-refractivity contribution in [3.8, 4) is 0 Å². The Hall–Kier alpha value is -1.06. The minimum atomic E-state index is 0.358. The number of allylic oxidation sites excluding steroid dienone is 1. The number of thiocarbonyl (C=S) groups is 2. The van der Waals surface area contributed by atoms with Crippen LogP contribution in [0, 0.1) is 0 Å². The molecule has 3 heteroatoms. The first-order chi connectivity index (χ1) is 8.29. The molecule has 1 aromatic rings. The lowest BCUT2D eigenvalue weighted by Crippen LogP contribution is -2.38. The van der Waals surface area contributed by atoms with E-state index in [0.29, 0.717) is 6.04 Å². The van der Waals surface area contributed by atoms with Crippen molar-refractivity contribution in [2.45, 2.75) is 25.3 Å². The van der Waals surface area contributed by atoms with E-state index in [-0.39, 0.29) is 0 Å². The van der Waals surface area contributed by atoms with Crippen LogP contribution in [-0.4, -0.2) is 20.9 Å². The first-order valence-electron chi connectivity index (χ1n) is 5.92. The van der Waals surface area contributed by atoms with E-state index in [4.69, 9.17) is 24.4 Å². The van der Waals surface area contributed by atoms with Crippen molar-refractivity contribution in [1.82, 2.24) is 4.90 Å². The topological polar surface area (TPSA) is 3.24 Å². The van der Waals surface area contributed by atoms with E-state index >= 15 is 0 Å². The monoisotopic (exact) mass is 259 g/mol. The molecule has 1 atom stereocenters. The molecule has 0 radical (unpaired) electrons. The minimum Gasteiger partial charge on any atom is -0.316 e. The molecule has 0 spiro atoms. The molecule has 17 heavy (non-hydrogen) atoms. The second-order valence-corrected chi connectivity index (χ2v) is 5.23. The summed E-state index contributed by atoms with van der Waals surface area (Å²) in [5, 5.41) is 0. The molecule has 0 aromatic heterocycles. The van der Waals surface area contributed by atoms with Crippen LogP contribution in [0.4, 0.5) is 0 Å². The molecule has 0 N–H and O–H groups in total. The second-order valence-electron chi connectivity index (χ2n) is 4.45. The van der Waals surface area contributed by atoms with Gasteiger partial charge in [0, 0.05) is 11.1 Å². The zero-order valence-electron chi connectivity index (χ0n) is 9.43. The van der Waals surface area contributed by atoms with E-state index < -0.39 is 0 Å². The van der Waals surface area contributed by atoms with Gasteiger partial charge >= 0.3 is 0 Å². The molecule has 0 fully saturated rings. The number of fused-ring (bicyclic) bond motifs is 1. The maximum atomic E-state index is 5.56. The molecular weight excluding hydrogens is 246 g/mol. The van der Waals surface area contributed by atoms with Crippen LogP contribution in [0.5, 0.6) is 0 Å². The lowest BCUT2D eigenvalue weighted by Gasteiger charge is -2.29. The number of rotatable bonds is 1. The van der Waals surface area contributed by atoms with Crippen molar-refractivity contribution >= 4 is 34.4 Å². The lowest BCUT2D eigenvalue weighted by molar-refractivity contribution is 0.468. The van der Waals surface area contributed by atoms with Crippen LogP contribution in [0.1, 0.15) is 30.4 Å². The molecule has 0 saturated carbocycles. The van der Waals surface area contributed by atoms with Crippen molar-refractivity contribution in [2.24, 2.45) is 0 Å². The van der Waals surface area contributed by atoms with E-state index in [2.05, 4.69) is 29.2 Å². The van der Waals surface area contributed by atoms with Gasteiger partial charge in [-0.05, 0) is 19.3 Å². The summed E-state index contributed by atoms with van der Waals surface area (Å²) in [6.45, 7) is 0. The molecule has 3 rings (SSSR count). The van der Waals surface area contributed by atoms with E-state index in [1.807, 2.05) is 12.1 Å². The summed E-state index contributed by atoms with van der Waals surface area (Å²) >= 11 is 11.1. The third-order valence-electron chi connectivity index (χ3n) is 3.39. The highest BCUT2D eigenvalue weighted by Gasteiger charge is 2.33. The van der Waals surface area contributed by atoms with Gasteiger partial charge in [-0.15, -0.1) is 0 Å². The summed E-state index contributed by atoms with van der Waals surface area (Å²) in [6.07, 6.45) is 8.02. The quantitative estimate of drug-likeness (QED) is 0.561. The van der Waals surface area contributed by atoms with Crippen LogP contribution in [-0.2, 0) is 0 Å². The molecule has 1 aliphatic carbocycles. The van der Waals surface area contributed by atoms with Crippen molar-refractivity contribution in [2.75, 3.05) is 0 Å². The normalized spacial score (nSPS) is 23.1. The van der Waals surface area contributed by atoms with Crippen LogP contribution in [0.3, 0.4) is 0 Å². The van der Waals surface area contributed by atoms with Gasteiger partial charge in [0.05, 0.1) is 6.04 Å². The van der Waals surface area contributed by atoms with E-state index in [1.165, 1.54) is 12.8 Å². The number of hydrogen-bond donors (Lipinski definition) is 0. The van der Waals surface area contributed by atoms with Gasteiger partial charge < -0.3 is 4.90 Å². The summed E-state index contributed by atoms with van der Waals surface area (Å²) in [7, 11) is 0. The Balaban J connectivity index is 2.00. The number of hydrogen-bond acceptors (Lipinski definition) is 2. The summed E-state index contributed by atoms with van der Waals surface area (Å²) in [5.41, 5.74) is 2.23. The highest BCUT2D eigenvalue weighted by atomic mass is 32.1. The molecule has 1 nitrogen and oxygen atoms in total. The molecule has 2 aliphatic rings. The summed E-state index contributed by atoms with van der Waals surface area (Å²) in [5.74, 6) is 0. The summed E-state index contributed by atoms with van der Waals surface area (Å²) in [6, 6.07) is 8.53. The Kier molecular flexibility index (Phi) is 2.81. The SMILES string of the molecule is S=C1c2ccccc2C(=S)N1C1C=CCCC1. The highest BCUT2D eigenvalue weighted by molar-refractivity contribution is 7.82. The third kappa shape index (κ3) is 1.74. The maximum absolute atomic E-state index is 5.56. The van der Waals surface area contributed by atoms with Gasteiger partial charge in [-0.25, -0.2) is 0 Å².